The molecule has 1 fully saturated rings. The summed E-state index contributed by atoms with van der Waals surface area (Å²) in [4.78, 5) is 11.4. The minimum absolute atomic E-state index is 0.167. The normalized spacial score (nSPS) is 27.2. The number of carbonyl (C=O) groups excluding carboxylic acids is 1. The summed E-state index contributed by atoms with van der Waals surface area (Å²) >= 11 is 0. The summed E-state index contributed by atoms with van der Waals surface area (Å²) in [6.07, 6.45) is 7.00. The molecule has 0 aliphatic carbocycles. The Morgan fingerprint density at radius 3 is 2.74 bits per heavy atom. The Kier molecular flexibility index (Phi) is 8.07. The van der Waals surface area contributed by atoms with E-state index in [0.717, 1.165) is 19.3 Å². The first-order chi connectivity index (χ1) is 9.17. The molecule has 0 radical (unpaired) electrons. The Labute approximate surface area is 116 Å². The van der Waals surface area contributed by atoms with Crippen molar-refractivity contribution in [2.75, 3.05) is 6.61 Å². The minimum atomic E-state index is -0.531. The Bertz CT molecular complexity index is 255. The van der Waals surface area contributed by atoms with E-state index in [1.165, 1.54) is 25.7 Å². The van der Waals surface area contributed by atoms with E-state index in [-0.39, 0.29) is 24.6 Å². The highest BCUT2D eigenvalue weighted by Crippen LogP contribution is 2.25. The zero-order valence-corrected chi connectivity index (χ0v) is 12.3. The van der Waals surface area contributed by atoms with Crippen LogP contribution in [0.4, 0.5) is 0 Å². The van der Waals surface area contributed by atoms with E-state index in [0.29, 0.717) is 6.61 Å². The molecular formula is C15H28O4. The molecule has 1 rings (SSSR count). The second kappa shape index (κ2) is 9.32. The first kappa shape index (κ1) is 16.4. The van der Waals surface area contributed by atoms with Crippen LogP contribution >= 0.6 is 0 Å². The summed E-state index contributed by atoms with van der Waals surface area (Å²) in [5.74, 6) is -0.279. The molecule has 1 aliphatic heterocycles. The van der Waals surface area contributed by atoms with Crippen LogP contribution in [0.15, 0.2) is 0 Å². The number of carbonyl (C=O) groups is 1. The maximum atomic E-state index is 11.4. The van der Waals surface area contributed by atoms with Gasteiger partial charge >= 0.3 is 5.97 Å². The highest BCUT2D eigenvalue weighted by molar-refractivity contribution is 5.70. The van der Waals surface area contributed by atoms with Crippen molar-refractivity contribution in [1.82, 2.24) is 0 Å². The van der Waals surface area contributed by atoms with Gasteiger partial charge in [0.15, 0.2) is 0 Å². The SMILES string of the molecule is CCCCCC[C@H]1CCC(O)[C@@H](CC(=O)OCC)O1. The predicted molar refractivity (Wildman–Crippen MR) is 73.9 cm³/mol. The number of esters is 1. The fraction of sp³-hybridized carbons (Fsp3) is 0.933. The maximum Gasteiger partial charge on any atom is 0.308 e. The van der Waals surface area contributed by atoms with Gasteiger partial charge < -0.3 is 14.6 Å². The van der Waals surface area contributed by atoms with Crippen LogP contribution in [0.2, 0.25) is 0 Å². The topological polar surface area (TPSA) is 55.8 Å². The fourth-order valence-electron chi connectivity index (χ4n) is 2.53. The van der Waals surface area contributed by atoms with E-state index in [9.17, 15) is 9.90 Å². The van der Waals surface area contributed by atoms with E-state index in [1.54, 1.807) is 6.92 Å². The average molecular weight is 272 g/mol. The predicted octanol–water partition coefficient (Wildman–Crippen LogP) is 2.82. The molecule has 1 heterocycles. The van der Waals surface area contributed by atoms with Gasteiger partial charge in [0.05, 0.1) is 31.3 Å². The van der Waals surface area contributed by atoms with E-state index in [4.69, 9.17) is 9.47 Å². The number of aliphatic hydroxyl groups is 1. The van der Waals surface area contributed by atoms with Crippen molar-refractivity contribution in [2.45, 2.75) is 83.5 Å². The van der Waals surface area contributed by atoms with Gasteiger partial charge in [-0.1, -0.05) is 32.6 Å². The molecular weight excluding hydrogens is 244 g/mol. The molecule has 0 aromatic rings. The van der Waals surface area contributed by atoms with Crippen LogP contribution in [0, 0.1) is 0 Å². The molecule has 4 heteroatoms. The van der Waals surface area contributed by atoms with Gasteiger partial charge in [-0.15, -0.1) is 0 Å². The van der Waals surface area contributed by atoms with Gasteiger partial charge in [0, 0.05) is 0 Å². The first-order valence-corrected chi connectivity index (χ1v) is 7.66. The highest BCUT2D eigenvalue weighted by atomic mass is 16.5. The Balaban J connectivity index is 2.29. The summed E-state index contributed by atoms with van der Waals surface area (Å²) in [6.45, 7) is 4.36. The molecule has 0 aromatic heterocycles. The summed E-state index contributed by atoms with van der Waals surface area (Å²) in [5.41, 5.74) is 0. The minimum Gasteiger partial charge on any atom is -0.466 e. The van der Waals surface area contributed by atoms with Gasteiger partial charge in [0.25, 0.3) is 0 Å². The van der Waals surface area contributed by atoms with E-state index in [1.807, 2.05) is 0 Å². The highest BCUT2D eigenvalue weighted by Gasteiger charge is 2.31. The first-order valence-electron chi connectivity index (χ1n) is 7.66. The van der Waals surface area contributed by atoms with Gasteiger partial charge in [-0.05, 0) is 26.2 Å². The largest absolute Gasteiger partial charge is 0.466 e. The van der Waals surface area contributed by atoms with Gasteiger partial charge in [-0.2, -0.15) is 0 Å². The third-order valence-corrected chi connectivity index (χ3v) is 3.63. The zero-order chi connectivity index (χ0) is 14.1. The van der Waals surface area contributed by atoms with Crippen LogP contribution in [0.25, 0.3) is 0 Å². The molecule has 0 bridgehead atoms. The van der Waals surface area contributed by atoms with Crippen molar-refractivity contribution in [3.63, 3.8) is 0 Å². The summed E-state index contributed by atoms with van der Waals surface area (Å²) < 4.78 is 10.8. The van der Waals surface area contributed by atoms with Crippen LogP contribution in [-0.4, -0.2) is 36.0 Å². The van der Waals surface area contributed by atoms with Crippen molar-refractivity contribution >= 4 is 5.97 Å². The molecule has 1 saturated heterocycles. The maximum absolute atomic E-state index is 11.4. The van der Waals surface area contributed by atoms with Crippen LogP contribution in [0.1, 0.15) is 65.2 Å². The smallest absolute Gasteiger partial charge is 0.308 e. The molecule has 112 valence electrons. The lowest BCUT2D eigenvalue weighted by Crippen LogP contribution is -2.40. The molecule has 4 nitrogen and oxygen atoms in total. The molecule has 1 aliphatic rings. The number of hydrogen-bond acceptors (Lipinski definition) is 4. The number of hydrogen-bond donors (Lipinski definition) is 1. The van der Waals surface area contributed by atoms with Crippen LogP contribution in [-0.2, 0) is 14.3 Å². The molecule has 1 unspecified atom stereocenters. The summed E-state index contributed by atoms with van der Waals surface area (Å²) in [5, 5.41) is 9.88. The molecule has 3 atom stereocenters. The third-order valence-electron chi connectivity index (χ3n) is 3.63. The number of aliphatic hydroxyl groups excluding tert-OH is 1. The van der Waals surface area contributed by atoms with Gasteiger partial charge in [0.1, 0.15) is 0 Å². The Morgan fingerprint density at radius 2 is 2.05 bits per heavy atom. The molecule has 19 heavy (non-hydrogen) atoms. The van der Waals surface area contributed by atoms with Gasteiger partial charge in [-0.25, -0.2) is 0 Å². The average Bonchev–Trinajstić information content (AvgIpc) is 2.38. The van der Waals surface area contributed by atoms with E-state index >= 15 is 0 Å². The zero-order valence-electron chi connectivity index (χ0n) is 12.3. The van der Waals surface area contributed by atoms with Gasteiger partial charge in [-0.3, -0.25) is 4.79 Å². The van der Waals surface area contributed by atoms with Crippen molar-refractivity contribution in [2.24, 2.45) is 0 Å². The third kappa shape index (κ3) is 6.39. The summed E-state index contributed by atoms with van der Waals surface area (Å²) in [7, 11) is 0. The number of ether oxygens (including phenoxy) is 2. The monoisotopic (exact) mass is 272 g/mol. The van der Waals surface area contributed by atoms with Crippen molar-refractivity contribution in [3.8, 4) is 0 Å². The quantitative estimate of drug-likeness (QED) is 0.545. The van der Waals surface area contributed by atoms with Crippen molar-refractivity contribution in [1.29, 1.82) is 0 Å². The molecule has 1 N–H and O–H groups in total. The Morgan fingerprint density at radius 1 is 1.26 bits per heavy atom. The number of unbranched alkanes of at least 4 members (excludes halogenated alkanes) is 3. The molecule has 0 saturated carbocycles. The van der Waals surface area contributed by atoms with Crippen LogP contribution < -0.4 is 0 Å². The van der Waals surface area contributed by atoms with Crippen molar-refractivity contribution < 1.29 is 19.4 Å². The number of rotatable bonds is 8. The lowest BCUT2D eigenvalue weighted by Gasteiger charge is -2.33. The molecule has 0 spiro atoms. The lowest BCUT2D eigenvalue weighted by molar-refractivity contribution is -0.158. The molecule has 0 aromatic carbocycles. The summed E-state index contributed by atoms with van der Waals surface area (Å²) in [6, 6.07) is 0. The standard InChI is InChI=1S/C15H28O4/c1-3-5-6-7-8-12-9-10-13(16)14(19-12)11-15(17)18-4-2/h12-14,16H,3-11H2,1-2H3/t12-,13?,14+/m0/s1. The Hall–Kier alpha value is -0.610. The second-order valence-corrected chi connectivity index (χ2v) is 5.30. The van der Waals surface area contributed by atoms with Crippen LogP contribution in [0.5, 0.6) is 0 Å². The van der Waals surface area contributed by atoms with Crippen molar-refractivity contribution in [3.05, 3.63) is 0 Å². The van der Waals surface area contributed by atoms with Crippen LogP contribution in [0.3, 0.4) is 0 Å². The second-order valence-electron chi connectivity index (χ2n) is 5.30. The lowest BCUT2D eigenvalue weighted by atomic mass is 9.96. The van der Waals surface area contributed by atoms with E-state index in [2.05, 4.69) is 6.92 Å². The molecule has 0 amide bonds. The van der Waals surface area contributed by atoms with Gasteiger partial charge in [0.2, 0.25) is 0 Å². The fourth-order valence-corrected chi connectivity index (χ4v) is 2.53. The van der Waals surface area contributed by atoms with E-state index < -0.39 is 6.10 Å².